The number of aryl methyl sites for hydroxylation is 1. The van der Waals surface area contributed by atoms with E-state index >= 15 is 0 Å². The van der Waals surface area contributed by atoms with Gasteiger partial charge in [0.1, 0.15) is 0 Å². The molecule has 3 aromatic carbocycles. The molecule has 0 unspecified atom stereocenters. The number of amides is 2. The first kappa shape index (κ1) is 21.2. The van der Waals surface area contributed by atoms with Crippen LogP contribution in [0.1, 0.15) is 22.7 Å². The van der Waals surface area contributed by atoms with Gasteiger partial charge in [0.25, 0.3) is 0 Å². The van der Waals surface area contributed by atoms with E-state index in [0.29, 0.717) is 0 Å². The monoisotopic (exact) mass is 402 g/mol. The smallest absolute Gasteiger partial charge is 0.319 e. The molecule has 2 N–H and O–H groups in total. The third kappa shape index (κ3) is 5.32. The summed E-state index contributed by atoms with van der Waals surface area (Å²) in [5, 5.41) is 6.06. The highest BCUT2D eigenvalue weighted by molar-refractivity contribution is 5.89. The molecule has 2 amide bonds. The van der Waals surface area contributed by atoms with Gasteiger partial charge in [0.2, 0.25) is 0 Å². The molecule has 3 aromatic rings. The van der Waals surface area contributed by atoms with Gasteiger partial charge in [-0.25, -0.2) is 4.79 Å². The van der Waals surface area contributed by atoms with Crippen molar-refractivity contribution in [1.29, 1.82) is 0 Å². The fraction of sp³-hybridized carbons (Fsp3) is 0.240. The van der Waals surface area contributed by atoms with Crippen molar-refractivity contribution in [2.24, 2.45) is 0 Å². The van der Waals surface area contributed by atoms with E-state index in [-0.39, 0.29) is 12.1 Å². The number of nitrogens with zero attached hydrogens (tertiary/aromatic N) is 2. The second-order valence-corrected chi connectivity index (χ2v) is 7.87. The zero-order valence-corrected chi connectivity index (χ0v) is 18.3. The average Bonchev–Trinajstić information content (AvgIpc) is 2.74. The lowest BCUT2D eigenvalue weighted by atomic mass is 9.98. The first-order valence-electron chi connectivity index (χ1n) is 10.0. The predicted octanol–water partition coefficient (Wildman–Crippen LogP) is 5.04. The first-order valence-corrected chi connectivity index (χ1v) is 10.0. The molecule has 0 spiro atoms. The minimum atomic E-state index is -0.261. The highest BCUT2D eigenvalue weighted by Crippen LogP contribution is 2.26. The molecule has 5 heteroatoms. The quantitative estimate of drug-likeness (QED) is 0.607. The highest BCUT2D eigenvalue weighted by atomic mass is 16.2. The molecule has 156 valence electrons. The maximum absolute atomic E-state index is 12.8. The molecule has 0 aliphatic carbocycles. The van der Waals surface area contributed by atoms with Gasteiger partial charge in [-0.05, 0) is 54.4 Å². The minimum Gasteiger partial charge on any atom is -0.378 e. The molecule has 0 saturated heterocycles. The number of hydrogen-bond donors (Lipinski definition) is 2. The fourth-order valence-electron chi connectivity index (χ4n) is 3.22. The lowest BCUT2D eigenvalue weighted by Crippen LogP contribution is -2.33. The van der Waals surface area contributed by atoms with E-state index in [9.17, 15) is 4.79 Å². The van der Waals surface area contributed by atoms with Crippen LogP contribution >= 0.6 is 0 Å². The normalized spacial score (nSPS) is 10.6. The Morgan fingerprint density at radius 2 is 1.13 bits per heavy atom. The van der Waals surface area contributed by atoms with Crippen molar-refractivity contribution in [2.75, 3.05) is 43.3 Å². The van der Waals surface area contributed by atoms with Gasteiger partial charge >= 0.3 is 6.03 Å². The Morgan fingerprint density at radius 3 is 1.53 bits per heavy atom. The summed E-state index contributed by atoms with van der Waals surface area (Å²) in [7, 11) is 8.05. The molecule has 0 saturated carbocycles. The van der Waals surface area contributed by atoms with Crippen molar-refractivity contribution in [2.45, 2.75) is 13.0 Å². The van der Waals surface area contributed by atoms with Gasteiger partial charge in [-0.15, -0.1) is 0 Å². The Hall–Kier alpha value is -3.47. The van der Waals surface area contributed by atoms with Crippen LogP contribution < -0.4 is 20.4 Å². The molecule has 0 atom stereocenters. The number of hydrogen-bond acceptors (Lipinski definition) is 3. The van der Waals surface area contributed by atoms with E-state index in [1.54, 1.807) is 0 Å². The molecule has 0 radical (unpaired) electrons. The molecular formula is C25H30N4O. The molecule has 0 aliphatic rings. The van der Waals surface area contributed by atoms with Crippen LogP contribution in [0.5, 0.6) is 0 Å². The summed E-state index contributed by atoms with van der Waals surface area (Å²) in [6, 6.07) is 23.8. The van der Waals surface area contributed by atoms with Crippen LogP contribution in [0.3, 0.4) is 0 Å². The van der Waals surface area contributed by atoms with Crippen molar-refractivity contribution >= 4 is 23.1 Å². The second kappa shape index (κ2) is 9.35. The molecule has 0 aromatic heterocycles. The summed E-state index contributed by atoms with van der Waals surface area (Å²) >= 11 is 0. The van der Waals surface area contributed by atoms with Gasteiger partial charge in [0.15, 0.2) is 0 Å². The van der Waals surface area contributed by atoms with E-state index in [1.165, 1.54) is 0 Å². The van der Waals surface area contributed by atoms with Crippen molar-refractivity contribution in [3.8, 4) is 0 Å². The lowest BCUT2D eigenvalue weighted by molar-refractivity contribution is 0.250. The Balaban J connectivity index is 1.86. The van der Waals surface area contributed by atoms with Crippen molar-refractivity contribution in [3.63, 3.8) is 0 Å². The van der Waals surface area contributed by atoms with Gasteiger partial charge in [-0.2, -0.15) is 0 Å². The topological polar surface area (TPSA) is 47.6 Å². The zero-order valence-electron chi connectivity index (χ0n) is 18.3. The SMILES string of the molecule is Cc1ccc(NC(=O)NC(c2ccc(N(C)C)cc2)c2ccc(N(C)C)cc2)cc1. The molecule has 0 bridgehead atoms. The lowest BCUT2D eigenvalue weighted by Gasteiger charge is -2.22. The Labute approximate surface area is 179 Å². The van der Waals surface area contributed by atoms with Crippen molar-refractivity contribution < 1.29 is 4.79 Å². The molecule has 0 heterocycles. The number of benzene rings is 3. The maximum atomic E-state index is 12.8. The van der Waals surface area contributed by atoms with Crippen LogP contribution in [-0.4, -0.2) is 34.2 Å². The first-order chi connectivity index (χ1) is 14.3. The summed E-state index contributed by atoms with van der Waals surface area (Å²) in [5.74, 6) is 0. The number of carbonyl (C=O) groups excluding carboxylic acids is 1. The van der Waals surface area contributed by atoms with Crippen molar-refractivity contribution in [3.05, 3.63) is 89.5 Å². The minimum absolute atomic E-state index is 0.239. The van der Waals surface area contributed by atoms with Gasteiger partial charge in [-0.1, -0.05) is 42.0 Å². The second-order valence-electron chi connectivity index (χ2n) is 7.87. The van der Waals surface area contributed by atoms with Crippen LogP contribution in [0, 0.1) is 6.92 Å². The maximum Gasteiger partial charge on any atom is 0.319 e. The van der Waals surface area contributed by atoms with E-state index in [4.69, 9.17) is 0 Å². The van der Waals surface area contributed by atoms with Gasteiger partial charge < -0.3 is 20.4 Å². The van der Waals surface area contributed by atoms with Crippen LogP contribution in [0.25, 0.3) is 0 Å². The number of urea groups is 1. The van der Waals surface area contributed by atoms with E-state index in [0.717, 1.165) is 33.8 Å². The van der Waals surface area contributed by atoms with Crippen LogP contribution in [0.2, 0.25) is 0 Å². The molecule has 0 aliphatic heterocycles. The third-order valence-corrected chi connectivity index (χ3v) is 5.07. The Bertz CT molecular complexity index is 910. The van der Waals surface area contributed by atoms with E-state index in [1.807, 2.05) is 59.4 Å². The average molecular weight is 403 g/mol. The largest absolute Gasteiger partial charge is 0.378 e. The molecule has 30 heavy (non-hydrogen) atoms. The van der Waals surface area contributed by atoms with Gasteiger partial charge in [0.05, 0.1) is 6.04 Å². The van der Waals surface area contributed by atoms with Crippen LogP contribution in [0.4, 0.5) is 21.9 Å². The number of anilines is 3. The van der Waals surface area contributed by atoms with E-state index in [2.05, 4.69) is 69.0 Å². The summed E-state index contributed by atoms with van der Waals surface area (Å²) in [4.78, 5) is 16.9. The summed E-state index contributed by atoms with van der Waals surface area (Å²) in [5.41, 5.74) is 6.20. The Morgan fingerprint density at radius 1 is 0.700 bits per heavy atom. The number of rotatable bonds is 6. The summed E-state index contributed by atoms with van der Waals surface area (Å²) in [6.45, 7) is 2.02. The van der Waals surface area contributed by atoms with Crippen LogP contribution in [-0.2, 0) is 0 Å². The van der Waals surface area contributed by atoms with E-state index < -0.39 is 0 Å². The van der Waals surface area contributed by atoms with Crippen molar-refractivity contribution in [1.82, 2.24) is 5.32 Å². The Kier molecular flexibility index (Phi) is 6.62. The van der Waals surface area contributed by atoms with Gasteiger partial charge in [0, 0.05) is 45.3 Å². The molecule has 5 nitrogen and oxygen atoms in total. The number of nitrogens with one attached hydrogen (secondary N) is 2. The van der Waals surface area contributed by atoms with Crippen LogP contribution in [0.15, 0.2) is 72.8 Å². The zero-order chi connectivity index (χ0) is 21.7. The molecular weight excluding hydrogens is 372 g/mol. The molecule has 0 fully saturated rings. The summed E-state index contributed by atoms with van der Waals surface area (Å²) in [6.07, 6.45) is 0. The van der Waals surface area contributed by atoms with Gasteiger partial charge in [-0.3, -0.25) is 0 Å². The third-order valence-electron chi connectivity index (χ3n) is 5.07. The fourth-order valence-corrected chi connectivity index (χ4v) is 3.22. The highest BCUT2D eigenvalue weighted by Gasteiger charge is 2.17. The summed E-state index contributed by atoms with van der Waals surface area (Å²) < 4.78 is 0. The number of carbonyl (C=O) groups is 1. The standard InChI is InChI=1S/C25H30N4O/c1-18-6-12-21(13-7-18)26-25(30)27-24(19-8-14-22(15-9-19)28(2)3)20-10-16-23(17-11-20)29(4)5/h6-17,24H,1-5H3,(H2,26,27,30). The predicted molar refractivity (Wildman–Crippen MR) is 127 cm³/mol. The molecule has 3 rings (SSSR count).